The highest BCUT2D eigenvalue weighted by atomic mass is 32.3. The van der Waals surface area contributed by atoms with Gasteiger partial charge in [-0.3, -0.25) is 4.79 Å². The van der Waals surface area contributed by atoms with Gasteiger partial charge in [-0.1, -0.05) is 6.07 Å². The van der Waals surface area contributed by atoms with E-state index in [0.29, 0.717) is 12.1 Å². The molecule has 108 valence electrons. The van der Waals surface area contributed by atoms with E-state index < -0.39 is 10.3 Å². The Morgan fingerprint density at radius 3 is 2.58 bits per heavy atom. The second-order valence-electron chi connectivity index (χ2n) is 4.87. The quantitative estimate of drug-likeness (QED) is 0.673. The minimum absolute atomic E-state index is 0.0741. The van der Waals surface area contributed by atoms with Crippen LogP contribution < -0.4 is 10.6 Å². The molecule has 1 rings (SSSR count). The lowest BCUT2D eigenvalue weighted by Gasteiger charge is -2.24. The van der Waals surface area contributed by atoms with Crippen LogP contribution in [0.5, 0.6) is 0 Å². The van der Waals surface area contributed by atoms with Crippen LogP contribution in [0.2, 0.25) is 0 Å². The SMILES string of the molecule is CNCCCCNC(=O)c1cccc(S(C)(C)O)c1. The largest absolute Gasteiger partial charge is 0.352 e. The van der Waals surface area contributed by atoms with E-state index in [1.165, 1.54) is 0 Å². The molecule has 0 radical (unpaired) electrons. The monoisotopic (exact) mass is 284 g/mol. The van der Waals surface area contributed by atoms with Crippen LogP contribution in [0.25, 0.3) is 0 Å². The third-order valence-corrected chi connectivity index (χ3v) is 4.22. The number of benzene rings is 1. The van der Waals surface area contributed by atoms with Gasteiger partial charge in [0.2, 0.25) is 0 Å². The third-order valence-electron chi connectivity index (χ3n) is 2.81. The first-order chi connectivity index (χ1) is 8.95. The maximum Gasteiger partial charge on any atom is 0.251 e. The summed E-state index contributed by atoms with van der Waals surface area (Å²) in [5.74, 6) is -0.0741. The Morgan fingerprint density at radius 2 is 1.95 bits per heavy atom. The molecule has 0 heterocycles. The molecule has 0 bridgehead atoms. The van der Waals surface area contributed by atoms with Crippen LogP contribution in [0.3, 0.4) is 0 Å². The van der Waals surface area contributed by atoms with Crippen molar-refractivity contribution in [1.82, 2.24) is 10.6 Å². The van der Waals surface area contributed by atoms with E-state index in [1.807, 2.05) is 19.2 Å². The lowest BCUT2D eigenvalue weighted by molar-refractivity contribution is 0.0953. The van der Waals surface area contributed by atoms with E-state index in [1.54, 1.807) is 24.6 Å². The van der Waals surface area contributed by atoms with Crippen LogP contribution in [-0.2, 0) is 0 Å². The van der Waals surface area contributed by atoms with Crippen molar-refractivity contribution in [2.75, 3.05) is 32.6 Å². The van der Waals surface area contributed by atoms with Crippen LogP contribution in [0.1, 0.15) is 23.2 Å². The fourth-order valence-corrected chi connectivity index (χ4v) is 2.51. The number of unbranched alkanes of at least 4 members (excludes halogenated alkanes) is 1. The van der Waals surface area contributed by atoms with Crippen molar-refractivity contribution in [2.24, 2.45) is 0 Å². The number of hydrogen-bond donors (Lipinski definition) is 3. The van der Waals surface area contributed by atoms with Crippen molar-refractivity contribution >= 4 is 16.2 Å². The van der Waals surface area contributed by atoms with Crippen molar-refractivity contribution in [3.05, 3.63) is 29.8 Å². The number of carbonyl (C=O) groups is 1. The minimum Gasteiger partial charge on any atom is -0.352 e. The van der Waals surface area contributed by atoms with E-state index in [0.717, 1.165) is 24.3 Å². The smallest absolute Gasteiger partial charge is 0.251 e. The first-order valence-corrected chi connectivity index (χ1v) is 8.84. The van der Waals surface area contributed by atoms with Crippen LogP contribution >= 0.6 is 10.3 Å². The van der Waals surface area contributed by atoms with Gasteiger partial charge in [0.1, 0.15) is 0 Å². The van der Waals surface area contributed by atoms with Gasteiger partial charge in [0, 0.05) is 17.0 Å². The fraction of sp³-hybridized carbons (Fsp3) is 0.500. The molecule has 0 aliphatic heterocycles. The molecule has 0 aliphatic rings. The van der Waals surface area contributed by atoms with Crippen molar-refractivity contribution in [3.8, 4) is 0 Å². The van der Waals surface area contributed by atoms with Gasteiger partial charge in [-0.2, -0.15) is 0 Å². The highest BCUT2D eigenvalue weighted by Gasteiger charge is 2.12. The number of rotatable bonds is 7. The average molecular weight is 284 g/mol. The van der Waals surface area contributed by atoms with Crippen molar-refractivity contribution in [1.29, 1.82) is 0 Å². The summed E-state index contributed by atoms with van der Waals surface area (Å²) >= 11 is 0. The first-order valence-electron chi connectivity index (χ1n) is 6.44. The van der Waals surface area contributed by atoms with E-state index in [-0.39, 0.29) is 5.91 Å². The van der Waals surface area contributed by atoms with Gasteiger partial charge in [0.25, 0.3) is 5.91 Å². The molecule has 4 nitrogen and oxygen atoms in total. The molecule has 1 amide bonds. The molecule has 0 aromatic heterocycles. The summed E-state index contributed by atoms with van der Waals surface area (Å²) < 4.78 is 10.0. The summed E-state index contributed by atoms with van der Waals surface area (Å²) in [6, 6.07) is 7.23. The normalized spacial score (nSPS) is 12.2. The summed E-state index contributed by atoms with van der Waals surface area (Å²) in [6.45, 7) is 1.65. The molecule has 0 saturated heterocycles. The number of amides is 1. The standard InChI is InChI=1S/C14H24N2O2S/c1-15-9-4-5-10-16-14(17)12-7-6-8-13(11-12)19(2,3)18/h6-8,11,15,18H,4-5,9-10H2,1-3H3,(H,16,17). The number of carbonyl (C=O) groups excluding carboxylic acids is 1. The van der Waals surface area contributed by atoms with Crippen LogP contribution in [0.4, 0.5) is 0 Å². The van der Waals surface area contributed by atoms with Crippen LogP contribution in [-0.4, -0.2) is 43.1 Å². The molecule has 0 atom stereocenters. The predicted molar refractivity (Wildman–Crippen MR) is 82.3 cm³/mol. The second-order valence-corrected chi connectivity index (χ2v) is 7.88. The van der Waals surface area contributed by atoms with E-state index >= 15 is 0 Å². The average Bonchev–Trinajstić information content (AvgIpc) is 2.37. The molecular weight excluding hydrogens is 260 g/mol. The highest BCUT2D eigenvalue weighted by molar-refractivity contribution is 8.28. The summed E-state index contributed by atoms with van der Waals surface area (Å²) in [6.07, 6.45) is 5.59. The van der Waals surface area contributed by atoms with E-state index in [4.69, 9.17) is 0 Å². The van der Waals surface area contributed by atoms with Gasteiger partial charge in [0.05, 0.1) is 0 Å². The molecule has 3 N–H and O–H groups in total. The van der Waals surface area contributed by atoms with Crippen LogP contribution in [0, 0.1) is 0 Å². The molecule has 0 spiro atoms. The van der Waals surface area contributed by atoms with Crippen molar-refractivity contribution < 1.29 is 9.35 Å². The predicted octanol–water partition coefficient (Wildman–Crippen LogP) is 2.31. The molecule has 0 aliphatic carbocycles. The molecule has 1 aromatic carbocycles. The fourth-order valence-electron chi connectivity index (χ4n) is 1.68. The molecular formula is C14H24N2O2S. The van der Waals surface area contributed by atoms with Crippen molar-refractivity contribution in [2.45, 2.75) is 17.7 Å². The number of nitrogens with one attached hydrogen (secondary N) is 2. The summed E-state index contributed by atoms with van der Waals surface area (Å²) in [5.41, 5.74) is 0.612. The molecule has 5 heteroatoms. The highest BCUT2D eigenvalue weighted by Crippen LogP contribution is 2.44. The topological polar surface area (TPSA) is 61.4 Å². The summed E-state index contributed by atoms with van der Waals surface area (Å²) in [4.78, 5) is 12.8. The first kappa shape index (κ1) is 16.0. The van der Waals surface area contributed by atoms with Gasteiger partial charge in [-0.15, -0.1) is 10.3 Å². The van der Waals surface area contributed by atoms with E-state index in [9.17, 15) is 9.35 Å². The maximum absolute atomic E-state index is 12.0. The molecule has 1 aromatic rings. The van der Waals surface area contributed by atoms with Gasteiger partial charge in [-0.25, -0.2) is 0 Å². The zero-order chi connectivity index (χ0) is 14.3. The van der Waals surface area contributed by atoms with Gasteiger partial charge >= 0.3 is 0 Å². The molecule has 19 heavy (non-hydrogen) atoms. The van der Waals surface area contributed by atoms with Crippen molar-refractivity contribution in [3.63, 3.8) is 0 Å². The molecule has 0 fully saturated rings. The van der Waals surface area contributed by atoms with Gasteiger partial charge in [-0.05, 0) is 57.1 Å². The number of hydrogen-bond acceptors (Lipinski definition) is 3. The maximum atomic E-state index is 12.0. The second kappa shape index (κ2) is 7.53. The summed E-state index contributed by atoms with van der Waals surface area (Å²) in [5, 5.41) is 5.97. The molecule has 0 saturated carbocycles. The Balaban J connectivity index is 2.53. The molecule has 0 unspecified atom stereocenters. The lowest BCUT2D eigenvalue weighted by atomic mass is 10.2. The Labute approximate surface area is 117 Å². The lowest BCUT2D eigenvalue weighted by Crippen LogP contribution is -2.25. The Morgan fingerprint density at radius 1 is 1.26 bits per heavy atom. The Hall–Kier alpha value is -1.04. The summed E-state index contributed by atoms with van der Waals surface area (Å²) in [7, 11) is 0.140. The minimum atomic E-state index is -1.78. The van der Waals surface area contributed by atoms with E-state index in [2.05, 4.69) is 10.6 Å². The van der Waals surface area contributed by atoms with Gasteiger partial charge in [0.15, 0.2) is 0 Å². The zero-order valence-electron chi connectivity index (χ0n) is 11.9. The Bertz CT molecular complexity index is 416. The van der Waals surface area contributed by atoms with Crippen LogP contribution in [0.15, 0.2) is 29.2 Å². The third kappa shape index (κ3) is 5.63. The van der Waals surface area contributed by atoms with Gasteiger partial charge < -0.3 is 15.2 Å². The zero-order valence-corrected chi connectivity index (χ0v) is 12.7. The Kier molecular flexibility index (Phi) is 6.34.